The summed E-state index contributed by atoms with van der Waals surface area (Å²) in [5.74, 6) is -0.505. The second-order valence-corrected chi connectivity index (χ2v) is 4.28. The molecule has 1 aromatic carbocycles. The summed E-state index contributed by atoms with van der Waals surface area (Å²) in [6.07, 6.45) is -4.52. The SMILES string of the molecule is O=C(CCl)Cc1ccc(Br)c(C(F)(F)F)c1. The lowest BCUT2D eigenvalue weighted by molar-refractivity contribution is -0.138. The number of carbonyl (C=O) groups is 1. The minimum atomic E-state index is -4.43. The summed E-state index contributed by atoms with van der Waals surface area (Å²) in [6, 6.07) is 3.69. The number of carbonyl (C=O) groups excluding carboxylic acids is 1. The zero-order valence-electron chi connectivity index (χ0n) is 7.94. The second kappa shape index (κ2) is 5.19. The van der Waals surface area contributed by atoms with Crippen molar-refractivity contribution in [1.82, 2.24) is 0 Å². The van der Waals surface area contributed by atoms with Crippen molar-refractivity contribution in [3.8, 4) is 0 Å². The lowest BCUT2D eigenvalue weighted by Gasteiger charge is -2.10. The number of rotatable bonds is 3. The number of benzene rings is 1. The van der Waals surface area contributed by atoms with E-state index in [0.29, 0.717) is 5.56 Å². The van der Waals surface area contributed by atoms with E-state index in [9.17, 15) is 18.0 Å². The third-order valence-corrected chi connectivity index (χ3v) is 2.88. The van der Waals surface area contributed by atoms with Crippen LogP contribution in [-0.4, -0.2) is 11.7 Å². The van der Waals surface area contributed by atoms with Crippen LogP contribution in [0.4, 0.5) is 13.2 Å². The molecule has 0 aliphatic carbocycles. The highest BCUT2D eigenvalue weighted by Gasteiger charge is 2.33. The van der Waals surface area contributed by atoms with Crippen LogP contribution in [0.2, 0.25) is 0 Å². The van der Waals surface area contributed by atoms with Crippen molar-refractivity contribution >= 4 is 33.3 Å². The Morgan fingerprint density at radius 3 is 2.50 bits per heavy atom. The topological polar surface area (TPSA) is 17.1 Å². The Morgan fingerprint density at radius 2 is 2.00 bits per heavy atom. The number of ketones is 1. The van der Waals surface area contributed by atoms with Gasteiger partial charge in [0, 0.05) is 10.9 Å². The van der Waals surface area contributed by atoms with Crippen LogP contribution in [0, 0.1) is 0 Å². The number of hydrogen-bond donors (Lipinski definition) is 0. The molecule has 0 radical (unpaired) electrons. The average molecular weight is 316 g/mol. The van der Waals surface area contributed by atoms with Crippen LogP contribution < -0.4 is 0 Å². The van der Waals surface area contributed by atoms with Gasteiger partial charge in [-0.1, -0.05) is 22.0 Å². The van der Waals surface area contributed by atoms with Crippen LogP contribution >= 0.6 is 27.5 Å². The number of hydrogen-bond acceptors (Lipinski definition) is 1. The van der Waals surface area contributed by atoms with Crippen molar-refractivity contribution in [3.63, 3.8) is 0 Å². The molecular weight excluding hydrogens is 308 g/mol. The first-order valence-corrected chi connectivity index (χ1v) is 5.60. The predicted molar refractivity (Wildman–Crippen MR) is 58.6 cm³/mol. The molecule has 1 nitrogen and oxygen atoms in total. The molecule has 0 aromatic heterocycles. The molecule has 6 heteroatoms. The van der Waals surface area contributed by atoms with E-state index in [1.807, 2.05) is 0 Å². The molecular formula is C10H7BrClF3O. The molecule has 0 saturated carbocycles. The van der Waals surface area contributed by atoms with E-state index in [2.05, 4.69) is 15.9 Å². The van der Waals surface area contributed by atoms with E-state index in [1.54, 1.807) is 0 Å². The van der Waals surface area contributed by atoms with Crippen LogP contribution in [0.3, 0.4) is 0 Å². The van der Waals surface area contributed by atoms with Crippen molar-refractivity contribution in [2.24, 2.45) is 0 Å². The summed E-state index contributed by atoms with van der Waals surface area (Å²) in [5.41, 5.74) is -0.478. The van der Waals surface area contributed by atoms with Gasteiger partial charge in [-0.25, -0.2) is 0 Å². The quantitative estimate of drug-likeness (QED) is 0.775. The largest absolute Gasteiger partial charge is 0.417 e. The van der Waals surface area contributed by atoms with E-state index in [0.717, 1.165) is 6.07 Å². The first kappa shape index (κ1) is 13.5. The summed E-state index contributed by atoms with van der Waals surface area (Å²) in [6.45, 7) is 0. The Labute approximate surface area is 104 Å². The van der Waals surface area contributed by atoms with Gasteiger partial charge in [-0.2, -0.15) is 13.2 Å². The van der Waals surface area contributed by atoms with Crippen molar-refractivity contribution < 1.29 is 18.0 Å². The Bertz CT molecular complexity index is 404. The Kier molecular flexibility index (Phi) is 4.38. The van der Waals surface area contributed by atoms with Gasteiger partial charge in [0.05, 0.1) is 11.4 Å². The van der Waals surface area contributed by atoms with Crippen LogP contribution in [0.5, 0.6) is 0 Å². The summed E-state index contributed by atoms with van der Waals surface area (Å²) < 4.78 is 37.5. The molecule has 0 bridgehead atoms. The fraction of sp³-hybridized carbons (Fsp3) is 0.300. The van der Waals surface area contributed by atoms with Gasteiger partial charge < -0.3 is 0 Å². The normalized spacial score (nSPS) is 11.6. The van der Waals surface area contributed by atoms with E-state index in [1.165, 1.54) is 12.1 Å². The van der Waals surface area contributed by atoms with Gasteiger partial charge >= 0.3 is 6.18 Å². The maximum Gasteiger partial charge on any atom is 0.417 e. The lowest BCUT2D eigenvalue weighted by atomic mass is 10.1. The van der Waals surface area contributed by atoms with Gasteiger partial charge in [0.2, 0.25) is 0 Å². The van der Waals surface area contributed by atoms with Gasteiger partial charge in [-0.3, -0.25) is 4.79 Å². The van der Waals surface area contributed by atoms with Gasteiger partial charge in [0.15, 0.2) is 5.78 Å². The molecule has 0 amide bonds. The molecule has 0 fully saturated rings. The molecule has 0 aliphatic rings. The first-order valence-electron chi connectivity index (χ1n) is 4.28. The average Bonchev–Trinajstić information content (AvgIpc) is 2.19. The fourth-order valence-electron chi connectivity index (χ4n) is 1.17. The van der Waals surface area contributed by atoms with Crippen molar-refractivity contribution in [2.45, 2.75) is 12.6 Å². The summed E-state index contributed by atoms with van der Waals surface area (Å²) in [7, 11) is 0. The zero-order valence-corrected chi connectivity index (χ0v) is 10.3. The maximum absolute atomic E-state index is 12.5. The minimum absolute atomic E-state index is 0.0397. The molecule has 0 N–H and O–H groups in total. The van der Waals surface area contributed by atoms with Gasteiger partial charge in [0.25, 0.3) is 0 Å². The molecule has 1 rings (SSSR count). The third-order valence-electron chi connectivity index (χ3n) is 1.89. The summed E-state index contributed by atoms with van der Waals surface area (Å²) in [5, 5.41) is 0. The summed E-state index contributed by atoms with van der Waals surface area (Å²) >= 11 is 8.10. The standard InChI is InChI=1S/C10H7BrClF3O/c11-9-2-1-6(3-7(16)5-12)4-8(9)10(13,14)15/h1-2,4H,3,5H2. The number of alkyl halides is 4. The van der Waals surface area contributed by atoms with Gasteiger partial charge in [0.1, 0.15) is 0 Å². The van der Waals surface area contributed by atoms with Gasteiger partial charge in [-0.15, -0.1) is 11.6 Å². The lowest BCUT2D eigenvalue weighted by Crippen LogP contribution is -2.09. The van der Waals surface area contributed by atoms with E-state index < -0.39 is 11.7 Å². The molecule has 1 aromatic rings. The van der Waals surface area contributed by atoms with Crippen molar-refractivity contribution in [2.75, 3.05) is 5.88 Å². The van der Waals surface area contributed by atoms with E-state index >= 15 is 0 Å². The smallest absolute Gasteiger partial charge is 0.298 e. The fourth-order valence-corrected chi connectivity index (χ4v) is 1.74. The summed E-state index contributed by atoms with van der Waals surface area (Å²) in [4.78, 5) is 11.0. The predicted octanol–water partition coefficient (Wildman–Crippen LogP) is 3.82. The van der Waals surface area contributed by atoms with Gasteiger partial charge in [-0.05, 0) is 17.7 Å². The molecule has 0 heterocycles. The molecule has 0 atom stereocenters. The Balaban J connectivity index is 3.03. The third kappa shape index (κ3) is 3.49. The number of Topliss-reactive ketones (excluding diaryl/α,β-unsaturated/α-hetero) is 1. The highest BCUT2D eigenvalue weighted by Crippen LogP contribution is 2.35. The van der Waals surface area contributed by atoms with Crippen LogP contribution in [0.25, 0.3) is 0 Å². The Hall–Kier alpha value is -0.550. The highest BCUT2D eigenvalue weighted by molar-refractivity contribution is 9.10. The molecule has 0 unspecified atom stereocenters. The van der Waals surface area contributed by atoms with Crippen molar-refractivity contribution in [1.29, 1.82) is 0 Å². The van der Waals surface area contributed by atoms with E-state index in [-0.39, 0.29) is 22.6 Å². The van der Waals surface area contributed by atoms with Crippen LogP contribution in [-0.2, 0) is 17.4 Å². The monoisotopic (exact) mass is 314 g/mol. The molecule has 0 aliphatic heterocycles. The molecule has 0 spiro atoms. The molecule has 16 heavy (non-hydrogen) atoms. The van der Waals surface area contributed by atoms with E-state index in [4.69, 9.17) is 11.6 Å². The second-order valence-electron chi connectivity index (χ2n) is 3.16. The Morgan fingerprint density at radius 1 is 1.38 bits per heavy atom. The van der Waals surface area contributed by atoms with Crippen LogP contribution in [0.1, 0.15) is 11.1 Å². The van der Waals surface area contributed by atoms with Crippen molar-refractivity contribution in [3.05, 3.63) is 33.8 Å². The zero-order chi connectivity index (χ0) is 12.3. The molecule has 88 valence electrons. The minimum Gasteiger partial charge on any atom is -0.298 e. The number of halogens is 5. The molecule has 0 saturated heterocycles. The van der Waals surface area contributed by atoms with Crippen LogP contribution in [0.15, 0.2) is 22.7 Å². The highest BCUT2D eigenvalue weighted by atomic mass is 79.9. The first-order chi connectivity index (χ1) is 7.34. The maximum atomic E-state index is 12.5.